The normalized spacial score (nSPS) is 25.3. The van der Waals surface area contributed by atoms with Crippen LogP contribution in [0.4, 0.5) is 0 Å². The van der Waals surface area contributed by atoms with Gasteiger partial charge in [-0.05, 0) is 0 Å². The van der Waals surface area contributed by atoms with Crippen LogP contribution in [0.5, 0.6) is 0 Å². The van der Waals surface area contributed by atoms with Gasteiger partial charge in [-0.15, -0.1) is 0 Å². The third-order valence-corrected chi connectivity index (χ3v) is 6.28. The van der Waals surface area contributed by atoms with Crippen LogP contribution >= 0.6 is 0 Å². The Bertz CT molecular complexity index is 493. The first-order valence-corrected chi connectivity index (χ1v) is 7.60. The SMILES string of the molecule is OC1CCCC1[Se]c1c[nH]c2ccccc12. The topological polar surface area (TPSA) is 36.0 Å². The Kier molecular flexibility index (Phi) is 2.76. The van der Waals surface area contributed by atoms with Crippen molar-refractivity contribution in [3.05, 3.63) is 30.5 Å². The molecule has 1 aromatic carbocycles. The predicted octanol–water partition coefficient (Wildman–Crippen LogP) is 1.83. The van der Waals surface area contributed by atoms with E-state index in [1.807, 2.05) is 0 Å². The Balaban J connectivity index is 1.89. The van der Waals surface area contributed by atoms with Crippen molar-refractivity contribution < 1.29 is 5.11 Å². The minimum atomic E-state index is -0.0614. The van der Waals surface area contributed by atoms with Crippen LogP contribution in [0.25, 0.3) is 10.9 Å². The van der Waals surface area contributed by atoms with Gasteiger partial charge in [0.2, 0.25) is 0 Å². The van der Waals surface area contributed by atoms with Gasteiger partial charge in [0.05, 0.1) is 0 Å². The van der Waals surface area contributed by atoms with Gasteiger partial charge in [0, 0.05) is 0 Å². The quantitative estimate of drug-likeness (QED) is 0.809. The number of aliphatic hydroxyl groups is 1. The van der Waals surface area contributed by atoms with E-state index in [9.17, 15) is 5.11 Å². The van der Waals surface area contributed by atoms with Crippen molar-refractivity contribution in [1.82, 2.24) is 4.98 Å². The summed E-state index contributed by atoms with van der Waals surface area (Å²) in [6.45, 7) is 0. The number of hydrogen-bond donors (Lipinski definition) is 2. The molecule has 2 unspecified atom stereocenters. The van der Waals surface area contributed by atoms with Crippen molar-refractivity contribution in [2.24, 2.45) is 0 Å². The van der Waals surface area contributed by atoms with Crippen LogP contribution in [0, 0.1) is 0 Å². The first-order chi connectivity index (χ1) is 7.84. The Morgan fingerprint density at radius 2 is 2.12 bits per heavy atom. The Hall–Kier alpha value is -0.761. The van der Waals surface area contributed by atoms with Crippen molar-refractivity contribution >= 4 is 30.3 Å². The van der Waals surface area contributed by atoms with Gasteiger partial charge in [0.25, 0.3) is 0 Å². The fraction of sp³-hybridized carbons (Fsp3) is 0.385. The van der Waals surface area contributed by atoms with Crippen molar-refractivity contribution in [3.8, 4) is 0 Å². The standard InChI is InChI=1S/C13H15NOSe/c15-11-6-3-7-12(11)16-13-8-14-10-5-2-1-4-9(10)13/h1-2,4-5,8,11-12,14-15H,3,6-7H2. The first kappa shape index (κ1) is 10.4. The molecule has 1 aliphatic carbocycles. The maximum atomic E-state index is 9.87. The summed E-state index contributed by atoms with van der Waals surface area (Å²) in [4.78, 5) is 3.83. The molecule has 1 aromatic heterocycles. The average molecular weight is 280 g/mol. The van der Waals surface area contributed by atoms with Gasteiger partial charge < -0.3 is 0 Å². The van der Waals surface area contributed by atoms with E-state index in [2.05, 4.69) is 35.4 Å². The van der Waals surface area contributed by atoms with Crippen LogP contribution in [0.15, 0.2) is 30.5 Å². The van der Waals surface area contributed by atoms with E-state index in [0.717, 1.165) is 6.42 Å². The maximum absolute atomic E-state index is 9.87. The second kappa shape index (κ2) is 4.25. The summed E-state index contributed by atoms with van der Waals surface area (Å²) >= 11 is 0.398. The zero-order valence-electron chi connectivity index (χ0n) is 9.02. The second-order valence-corrected chi connectivity index (χ2v) is 7.04. The second-order valence-electron chi connectivity index (χ2n) is 4.35. The number of para-hydroxylation sites is 1. The van der Waals surface area contributed by atoms with Crippen molar-refractivity contribution in [1.29, 1.82) is 0 Å². The number of fused-ring (bicyclic) bond motifs is 1. The zero-order valence-corrected chi connectivity index (χ0v) is 10.7. The molecule has 0 radical (unpaired) electrons. The van der Waals surface area contributed by atoms with Crippen LogP contribution in [0.3, 0.4) is 0 Å². The van der Waals surface area contributed by atoms with E-state index < -0.39 is 0 Å². The number of aromatic nitrogens is 1. The molecule has 2 nitrogen and oxygen atoms in total. The molecule has 2 N–H and O–H groups in total. The summed E-state index contributed by atoms with van der Waals surface area (Å²) in [5, 5.41) is 11.2. The molecule has 0 saturated heterocycles. The predicted molar refractivity (Wildman–Crippen MR) is 67.3 cm³/mol. The van der Waals surface area contributed by atoms with Gasteiger partial charge in [-0.1, -0.05) is 0 Å². The molecular weight excluding hydrogens is 265 g/mol. The number of benzene rings is 1. The van der Waals surface area contributed by atoms with Crippen molar-refractivity contribution in [2.45, 2.75) is 30.2 Å². The minimum absolute atomic E-state index is 0.0614. The van der Waals surface area contributed by atoms with E-state index in [4.69, 9.17) is 0 Å². The van der Waals surface area contributed by atoms with Gasteiger partial charge >= 0.3 is 101 Å². The van der Waals surface area contributed by atoms with E-state index in [1.54, 1.807) is 0 Å². The summed E-state index contributed by atoms with van der Waals surface area (Å²) in [6.07, 6.45) is 5.44. The van der Waals surface area contributed by atoms with Gasteiger partial charge in [-0.2, -0.15) is 0 Å². The van der Waals surface area contributed by atoms with Crippen LogP contribution in [0.2, 0.25) is 4.82 Å². The summed E-state index contributed by atoms with van der Waals surface area (Å²) < 4.78 is 1.41. The van der Waals surface area contributed by atoms with Crippen molar-refractivity contribution in [3.63, 3.8) is 0 Å². The van der Waals surface area contributed by atoms with Crippen LogP contribution in [-0.2, 0) is 0 Å². The number of H-pyrrole nitrogens is 1. The Morgan fingerprint density at radius 1 is 1.25 bits per heavy atom. The van der Waals surface area contributed by atoms with E-state index in [0.29, 0.717) is 19.8 Å². The first-order valence-electron chi connectivity index (χ1n) is 5.75. The number of aromatic amines is 1. The number of aliphatic hydroxyl groups excluding tert-OH is 1. The van der Waals surface area contributed by atoms with E-state index in [1.165, 1.54) is 28.2 Å². The molecule has 2 aromatic rings. The molecule has 1 aliphatic rings. The molecule has 1 heterocycles. The summed E-state index contributed by atoms with van der Waals surface area (Å²) in [6, 6.07) is 8.42. The molecule has 2 atom stereocenters. The van der Waals surface area contributed by atoms with Crippen LogP contribution < -0.4 is 4.46 Å². The molecule has 0 amide bonds. The zero-order chi connectivity index (χ0) is 11.0. The summed E-state index contributed by atoms with van der Waals surface area (Å²) in [5.74, 6) is 0. The number of nitrogens with one attached hydrogen (secondary N) is 1. The summed E-state index contributed by atoms with van der Waals surface area (Å²) in [5.41, 5.74) is 1.21. The molecule has 1 saturated carbocycles. The third-order valence-electron chi connectivity index (χ3n) is 3.25. The Morgan fingerprint density at radius 3 is 2.94 bits per heavy atom. The molecule has 0 aliphatic heterocycles. The van der Waals surface area contributed by atoms with Crippen molar-refractivity contribution in [2.75, 3.05) is 0 Å². The fourth-order valence-corrected chi connectivity index (χ4v) is 5.15. The molecule has 84 valence electrons. The van der Waals surface area contributed by atoms with Crippen LogP contribution in [-0.4, -0.2) is 31.2 Å². The van der Waals surface area contributed by atoms with Gasteiger partial charge in [-0.25, -0.2) is 0 Å². The van der Waals surface area contributed by atoms with E-state index >= 15 is 0 Å². The number of hydrogen-bond acceptors (Lipinski definition) is 1. The molecule has 0 bridgehead atoms. The van der Waals surface area contributed by atoms with Gasteiger partial charge in [0.1, 0.15) is 0 Å². The molecule has 1 fully saturated rings. The number of rotatable bonds is 2. The molecular formula is C13H15NOSe. The van der Waals surface area contributed by atoms with Gasteiger partial charge in [-0.3, -0.25) is 0 Å². The monoisotopic (exact) mass is 281 g/mol. The van der Waals surface area contributed by atoms with Gasteiger partial charge in [0.15, 0.2) is 0 Å². The molecule has 3 rings (SSSR count). The average Bonchev–Trinajstić information content (AvgIpc) is 2.88. The van der Waals surface area contributed by atoms with Crippen LogP contribution in [0.1, 0.15) is 19.3 Å². The van der Waals surface area contributed by atoms with E-state index in [-0.39, 0.29) is 6.10 Å². The molecule has 16 heavy (non-hydrogen) atoms. The third kappa shape index (κ3) is 1.80. The Labute approximate surface area is 101 Å². The summed E-state index contributed by atoms with van der Waals surface area (Å²) in [7, 11) is 0. The molecule has 3 heteroatoms. The fourth-order valence-electron chi connectivity index (χ4n) is 2.35. The molecule has 0 spiro atoms.